The number of ether oxygens (including phenoxy) is 1. The lowest BCUT2D eigenvalue weighted by molar-refractivity contribution is -0.0661. The first kappa shape index (κ1) is 14.1. The van der Waals surface area contributed by atoms with Crippen molar-refractivity contribution in [3.8, 4) is 0 Å². The van der Waals surface area contributed by atoms with Crippen molar-refractivity contribution in [1.29, 1.82) is 0 Å². The molecule has 0 spiro atoms. The van der Waals surface area contributed by atoms with E-state index in [9.17, 15) is 0 Å². The van der Waals surface area contributed by atoms with Crippen LogP contribution in [0.2, 0.25) is 5.02 Å². The quantitative estimate of drug-likeness (QED) is 0.847. The number of anilines is 1. The second-order valence-corrected chi connectivity index (χ2v) is 6.20. The molecule has 4 heterocycles. The van der Waals surface area contributed by atoms with Crippen LogP contribution in [0, 0.1) is 12.8 Å². The Hall–Kier alpha value is -0.840. The highest BCUT2D eigenvalue weighted by atomic mass is 35.5. The predicted molar refractivity (Wildman–Crippen MR) is 81.4 cm³/mol. The lowest BCUT2D eigenvalue weighted by atomic mass is 9.86. The zero-order chi connectivity index (χ0) is 13.9. The van der Waals surface area contributed by atoms with Crippen molar-refractivity contribution >= 4 is 17.4 Å². The largest absolute Gasteiger partial charge is 0.375 e. The summed E-state index contributed by atoms with van der Waals surface area (Å²) in [7, 11) is 0. The third-order valence-electron chi connectivity index (χ3n) is 4.38. The van der Waals surface area contributed by atoms with Crippen LogP contribution in [0.4, 0.5) is 5.82 Å². The predicted octanol–water partition coefficient (Wildman–Crippen LogP) is 2.57. The molecule has 3 aliphatic rings. The van der Waals surface area contributed by atoms with Crippen molar-refractivity contribution in [2.45, 2.75) is 25.9 Å². The molecule has 110 valence electrons. The highest BCUT2D eigenvalue weighted by Crippen LogP contribution is 2.29. The molecule has 3 fully saturated rings. The molecule has 1 aromatic heterocycles. The van der Waals surface area contributed by atoms with Gasteiger partial charge in [-0.1, -0.05) is 11.6 Å². The Labute approximate surface area is 125 Å². The standard InChI is InChI=1S/C15H22ClN3O/c1-11-8-15(18-9-13(11)16)17-4-7-20-14-10-19-5-2-12(14)3-6-19/h8-9,12,14H,2-7,10H2,1H3,(H,17,18)/t14-/m0/s1. The Kier molecular flexibility index (Phi) is 4.44. The van der Waals surface area contributed by atoms with E-state index in [2.05, 4.69) is 15.2 Å². The van der Waals surface area contributed by atoms with Gasteiger partial charge in [-0.05, 0) is 50.4 Å². The van der Waals surface area contributed by atoms with Crippen LogP contribution in [0.15, 0.2) is 12.3 Å². The second kappa shape index (κ2) is 6.29. The first-order valence-electron chi connectivity index (χ1n) is 7.42. The molecule has 0 amide bonds. The van der Waals surface area contributed by atoms with Gasteiger partial charge in [0, 0.05) is 19.3 Å². The number of halogens is 1. The molecule has 3 saturated heterocycles. The highest BCUT2D eigenvalue weighted by molar-refractivity contribution is 6.31. The number of piperidine rings is 3. The lowest BCUT2D eigenvalue weighted by Crippen LogP contribution is -2.51. The molecule has 5 heteroatoms. The van der Waals surface area contributed by atoms with E-state index in [1.807, 2.05) is 13.0 Å². The van der Waals surface area contributed by atoms with E-state index in [-0.39, 0.29) is 0 Å². The van der Waals surface area contributed by atoms with E-state index in [4.69, 9.17) is 16.3 Å². The number of nitrogens with one attached hydrogen (secondary N) is 1. The highest BCUT2D eigenvalue weighted by Gasteiger charge is 2.34. The van der Waals surface area contributed by atoms with Crippen molar-refractivity contribution < 1.29 is 4.74 Å². The van der Waals surface area contributed by atoms with Gasteiger partial charge in [0.1, 0.15) is 5.82 Å². The fraction of sp³-hybridized carbons (Fsp3) is 0.667. The third kappa shape index (κ3) is 3.25. The minimum Gasteiger partial charge on any atom is -0.375 e. The molecule has 0 aliphatic carbocycles. The third-order valence-corrected chi connectivity index (χ3v) is 4.78. The Morgan fingerprint density at radius 1 is 1.45 bits per heavy atom. The van der Waals surface area contributed by atoms with E-state index < -0.39 is 0 Å². The summed E-state index contributed by atoms with van der Waals surface area (Å²) in [5, 5.41) is 4.00. The summed E-state index contributed by atoms with van der Waals surface area (Å²) >= 11 is 5.96. The number of rotatable bonds is 5. The molecule has 4 rings (SSSR count). The number of hydrogen-bond donors (Lipinski definition) is 1. The number of hydrogen-bond acceptors (Lipinski definition) is 4. The van der Waals surface area contributed by atoms with Crippen molar-refractivity contribution in [1.82, 2.24) is 9.88 Å². The maximum absolute atomic E-state index is 6.03. The Morgan fingerprint density at radius 2 is 2.25 bits per heavy atom. The van der Waals surface area contributed by atoms with Crippen LogP contribution in [0.1, 0.15) is 18.4 Å². The maximum atomic E-state index is 6.03. The number of aryl methyl sites for hydroxylation is 1. The van der Waals surface area contributed by atoms with Crippen LogP contribution >= 0.6 is 11.6 Å². The van der Waals surface area contributed by atoms with Gasteiger partial charge in [-0.25, -0.2) is 4.98 Å². The summed E-state index contributed by atoms with van der Waals surface area (Å²) in [5.41, 5.74) is 1.04. The van der Waals surface area contributed by atoms with Gasteiger partial charge in [0.25, 0.3) is 0 Å². The molecule has 1 aromatic rings. The summed E-state index contributed by atoms with van der Waals surface area (Å²) in [6, 6.07) is 1.97. The normalized spacial score (nSPS) is 28.6. The molecule has 3 aliphatic heterocycles. The van der Waals surface area contributed by atoms with Crippen LogP contribution in [-0.4, -0.2) is 48.8 Å². The van der Waals surface area contributed by atoms with Crippen LogP contribution in [0.3, 0.4) is 0 Å². The van der Waals surface area contributed by atoms with Crippen molar-refractivity contribution in [3.63, 3.8) is 0 Å². The maximum Gasteiger partial charge on any atom is 0.126 e. The molecule has 0 radical (unpaired) electrons. The molecule has 1 atom stereocenters. The molecule has 1 N–H and O–H groups in total. The molecular formula is C15H22ClN3O. The van der Waals surface area contributed by atoms with E-state index >= 15 is 0 Å². The first-order chi connectivity index (χ1) is 9.72. The number of pyridine rings is 1. The average molecular weight is 296 g/mol. The molecule has 20 heavy (non-hydrogen) atoms. The van der Waals surface area contributed by atoms with E-state index in [0.717, 1.165) is 37.0 Å². The van der Waals surface area contributed by atoms with Crippen molar-refractivity contribution in [3.05, 3.63) is 22.8 Å². The Balaban J connectivity index is 1.41. The summed E-state index contributed by atoms with van der Waals surface area (Å²) in [6.07, 6.45) is 4.72. The monoisotopic (exact) mass is 295 g/mol. The number of aromatic nitrogens is 1. The van der Waals surface area contributed by atoms with Crippen LogP contribution < -0.4 is 5.32 Å². The zero-order valence-electron chi connectivity index (χ0n) is 11.9. The van der Waals surface area contributed by atoms with Gasteiger partial charge in [0.2, 0.25) is 0 Å². The lowest BCUT2D eigenvalue weighted by Gasteiger charge is -2.44. The Morgan fingerprint density at radius 3 is 2.90 bits per heavy atom. The smallest absolute Gasteiger partial charge is 0.126 e. The van der Waals surface area contributed by atoms with Gasteiger partial charge < -0.3 is 15.0 Å². The topological polar surface area (TPSA) is 37.4 Å². The number of nitrogens with zero attached hydrogens (tertiary/aromatic N) is 2. The van der Waals surface area contributed by atoms with Crippen LogP contribution in [-0.2, 0) is 4.74 Å². The SMILES string of the molecule is Cc1cc(NCCO[C@H]2CN3CCC2CC3)ncc1Cl. The second-order valence-electron chi connectivity index (χ2n) is 5.79. The summed E-state index contributed by atoms with van der Waals surface area (Å²) in [6.45, 7) is 7.14. The van der Waals surface area contributed by atoms with Gasteiger partial charge >= 0.3 is 0 Å². The minimum absolute atomic E-state index is 0.430. The van der Waals surface area contributed by atoms with Gasteiger partial charge in [-0.3, -0.25) is 0 Å². The minimum atomic E-state index is 0.430. The van der Waals surface area contributed by atoms with Crippen molar-refractivity contribution in [2.75, 3.05) is 38.1 Å². The van der Waals surface area contributed by atoms with Gasteiger partial charge in [-0.15, -0.1) is 0 Å². The summed E-state index contributed by atoms with van der Waals surface area (Å²) in [5.74, 6) is 1.64. The van der Waals surface area contributed by atoms with E-state index in [1.54, 1.807) is 6.20 Å². The Bertz CT molecular complexity index is 460. The molecule has 2 bridgehead atoms. The zero-order valence-corrected chi connectivity index (χ0v) is 12.7. The molecular weight excluding hydrogens is 274 g/mol. The average Bonchev–Trinajstić information content (AvgIpc) is 2.48. The van der Waals surface area contributed by atoms with Crippen LogP contribution in [0.25, 0.3) is 0 Å². The fourth-order valence-corrected chi connectivity index (χ4v) is 3.23. The van der Waals surface area contributed by atoms with Gasteiger partial charge in [-0.2, -0.15) is 0 Å². The van der Waals surface area contributed by atoms with E-state index in [0.29, 0.717) is 11.1 Å². The molecule has 0 saturated carbocycles. The summed E-state index contributed by atoms with van der Waals surface area (Å²) in [4.78, 5) is 6.77. The first-order valence-corrected chi connectivity index (χ1v) is 7.80. The molecule has 4 nitrogen and oxygen atoms in total. The molecule has 0 aromatic carbocycles. The van der Waals surface area contributed by atoms with Gasteiger partial charge in [0.05, 0.1) is 17.7 Å². The van der Waals surface area contributed by atoms with E-state index in [1.165, 1.54) is 25.9 Å². The summed E-state index contributed by atoms with van der Waals surface area (Å²) < 4.78 is 6.03. The van der Waals surface area contributed by atoms with Crippen LogP contribution in [0.5, 0.6) is 0 Å². The van der Waals surface area contributed by atoms with Crippen molar-refractivity contribution in [2.24, 2.45) is 5.92 Å². The number of fused-ring (bicyclic) bond motifs is 3. The molecule has 0 unspecified atom stereocenters. The fourth-order valence-electron chi connectivity index (χ4n) is 3.13. The van der Waals surface area contributed by atoms with Gasteiger partial charge in [0.15, 0.2) is 0 Å².